The molecule has 0 saturated carbocycles. The first-order valence-corrected chi connectivity index (χ1v) is 5.07. The fourth-order valence-corrected chi connectivity index (χ4v) is 1.21. The van der Waals surface area contributed by atoms with Gasteiger partial charge in [-0.05, 0) is 20.0 Å². The average molecular weight is 219 g/mol. The van der Waals surface area contributed by atoms with Crippen molar-refractivity contribution in [3.63, 3.8) is 0 Å². The molecular formula is C10H13N5O. The third-order valence-electron chi connectivity index (χ3n) is 2.21. The van der Waals surface area contributed by atoms with Gasteiger partial charge in [-0.3, -0.25) is 0 Å². The van der Waals surface area contributed by atoms with Crippen LogP contribution in [0.2, 0.25) is 0 Å². The van der Waals surface area contributed by atoms with Crippen molar-refractivity contribution in [1.82, 2.24) is 25.4 Å². The lowest BCUT2D eigenvalue weighted by atomic mass is 10.2. The van der Waals surface area contributed by atoms with E-state index in [1.807, 2.05) is 14.0 Å². The topological polar surface area (TPSA) is 76.7 Å². The summed E-state index contributed by atoms with van der Waals surface area (Å²) in [5.41, 5.74) is 0. The molecular weight excluding hydrogens is 206 g/mol. The Morgan fingerprint density at radius 2 is 2.06 bits per heavy atom. The monoisotopic (exact) mass is 219 g/mol. The van der Waals surface area contributed by atoms with E-state index in [0.717, 1.165) is 0 Å². The molecule has 84 valence electrons. The highest BCUT2D eigenvalue weighted by Crippen LogP contribution is 2.09. The number of nitrogens with one attached hydrogen (secondary N) is 1. The Hall–Kier alpha value is -1.82. The third kappa shape index (κ3) is 2.40. The molecule has 1 unspecified atom stereocenters. The molecule has 0 aliphatic heterocycles. The van der Waals surface area contributed by atoms with Gasteiger partial charge in [0.25, 0.3) is 0 Å². The molecule has 0 amide bonds. The zero-order chi connectivity index (χ0) is 11.4. The van der Waals surface area contributed by atoms with E-state index in [1.165, 1.54) is 0 Å². The van der Waals surface area contributed by atoms with Gasteiger partial charge in [-0.1, -0.05) is 5.16 Å². The van der Waals surface area contributed by atoms with E-state index in [1.54, 1.807) is 18.5 Å². The second kappa shape index (κ2) is 4.80. The molecule has 2 aromatic rings. The van der Waals surface area contributed by atoms with Crippen LogP contribution in [0.3, 0.4) is 0 Å². The van der Waals surface area contributed by atoms with Gasteiger partial charge in [0, 0.05) is 24.9 Å². The van der Waals surface area contributed by atoms with Crippen LogP contribution >= 0.6 is 0 Å². The Morgan fingerprint density at radius 1 is 1.31 bits per heavy atom. The van der Waals surface area contributed by atoms with E-state index in [0.29, 0.717) is 30.0 Å². The fourth-order valence-electron chi connectivity index (χ4n) is 1.21. The Morgan fingerprint density at radius 3 is 2.75 bits per heavy atom. The van der Waals surface area contributed by atoms with Gasteiger partial charge in [-0.2, -0.15) is 4.98 Å². The second-order valence-corrected chi connectivity index (χ2v) is 3.48. The molecule has 6 nitrogen and oxygen atoms in total. The molecule has 2 rings (SSSR count). The highest BCUT2D eigenvalue weighted by atomic mass is 16.5. The molecule has 0 aliphatic carbocycles. The van der Waals surface area contributed by atoms with Crippen LogP contribution in [0.25, 0.3) is 11.6 Å². The molecule has 0 fully saturated rings. The van der Waals surface area contributed by atoms with Gasteiger partial charge >= 0.3 is 0 Å². The normalized spacial score (nSPS) is 12.6. The molecule has 0 aliphatic rings. The van der Waals surface area contributed by atoms with Crippen molar-refractivity contribution in [2.45, 2.75) is 19.4 Å². The first kappa shape index (κ1) is 10.7. The zero-order valence-corrected chi connectivity index (χ0v) is 9.21. The summed E-state index contributed by atoms with van der Waals surface area (Å²) in [5, 5.41) is 6.94. The summed E-state index contributed by atoms with van der Waals surface area (Å²) in [5.74, 6) is 1.50. The molecule has 6 heteroatoms. The number of hydrogen-bond acceptors (Lipinski definition) is 6. The number of rotatable bonds is 4. The number of aromatic nitrogens is 4. The summed E-state index contributed by atoms with van der Waals surface area (Å²) in [4.78, 5) is 12.3. The minimum Gasteiger partial charge on any atom is -0.339 e. The van der Waals surface area contributed by atoms with Gasteiger partial charge in [0.15, 0.2) is 0 Å². The van der Waals surface area contributed by atoms with Gasteiger partial charge in [0.1, 0.15) is 0 Å². The van der Waals surface area contributed by atoms with Gasteiger partial charge < -0.3 is 9.84 Å². The van der Waals surface area contributed by atoms with E-state index < -0.39 is 0 Å². The number of hydrogen-bond donors (Lipinski definition) is 1. The van der Waals surface area contributed by atoms with E-state index in [2.05, 4.69) is 25.4 Å². The van der Waals surface area contributed by atoms with Gasteiger partial charge in [0.2, 0.25) is 17.5 Å². The molecule has 0 aromatic carbocycles. The van der Waals surface area contributed by atoms with Crippen LogP contribution in [-0.4, -0.2) is 33.2 Å². The maximum Gasteiger partial charge on any atom is 0.240 e. The summed E-state index contributed by atoms with van der Waals surface area (Å²) >= 11 is 0. The van der Waals surface area contributed by atoms with E-state index >= 15 is 0 Å². The van der Waals surface area contributed by atoms with Crippen molar-refractivity contribution >= 4 is 0 Å². The van der Waals surface area contributed by atoms with Crippen molar-refractivity contribution in [2.24, 2.45) is 0 Å². The van der Waals surface area contributed by atoms with Crippen molar-refractivity contribution in [1.29, 1.82) is 0 Å². The SMILES string of the molecule is CNC(C)Cc1nc(-c2ncccn2)no1. The minimum atomic E-state index is 0.296. The summed E-state index contributed by atoms with van der Waals surface area (Å²) in [6.07, 6.45) is 3.99. The molecule has 1 N–H and O–H groups in total. The molecule has 16 heavy (non-hydrogen) atoms. The summed E-state index contributed by atoms with van der Waals surface area (Å²) in [6, 6.07) is 2.04. The Labute approximate surface area is 93.1 Å². The third-order valence-corrected chi connectivity index (χ3v) is 2.21. The quantitative estimate of drug-likeness (QED) is 0.814. The van der Waals surface area contributed by atoms with Crippen molar-refractivity contribution in [2.75, 3.05) is 7.05 Å². The van der Waals surface area contributed by atoms with Crippen molar-refractivity contribution in [3.05, 3.63) is 24.4 Å². The standard InChI is InChI=1S/C10H13N5O/c1-7(11-2)6-8-14-10(15-16-8)9-12-4-3-5-13-9/h3-5,7,11H,6H2,1-2H3. The lowest BCUT2D eigenvalue weighted by Gasteiger charge is -2.04. The van der Waals surface area contributed by atoms with Crippen LogP contribution in [-0.2, 0) is 6.42 Å². The predicted octanol–water partition coefficient (Wildman–Crippen LogP) is 0.677. The first-order valence-electron chi connectivity index (χ1n) is 5.07. The van der Waals surface area contributed by atoms with Crippen LogP contribution < -0.4 is 5.32 Å². The number of nitrogens with zero attached hydrogens (tertiary/aromatic N) is 4. The highest BCUT2D eigenvalue weighted by molar-refractivity contribution is 5.40. The lowest BCUT2D eigenvalue weighted by molar-refractivity contribution is 0.365. The zero-order valence-electron chi connectivity index (χ0n) is 9.21. The number of likely N-dealkylation sites (N-methyl/N-ethyl adjacent to an activating group) is 1. The minimum absolute atomic E-state index is 0.296. The smallest absolute Gasteiger partial charge is 0.240 e. The van der Waals surface area contributed by atoms with E-state index in [9.17, 15) is 0 Å². The lowest BCUT2D eigenvalue weighted by Crippen LogP contribution is -2.23. The molecule has 0 bridgehead atoms. The van der Waals surface area contributed by atoms with Gasteiger partial charge in [0.05, 0.1) is 0 Å². The molecule has 0 spiro atoms. The van der Waals surface area contributed by atoms with Crippen LogP contribution in [0.1, 0.15) is 12.8 Å². The van der Waals surface area contributed by atoms with Gasteiger partial charge in [-0.25, -0.2) is 9.97 Å². The summed E-state index contributed by atoms with van der Waals surface area (Å²) < 4.78 is 5.11. The van der Waals surface area contributed by atoms with Crippen molar-refractivity contribution < 1.29 is 4.52 Å². The van der Waals surface area contributed by atoms with Crippen LogP contribution in [0.15, 0.2) is 23.0 Å². The molecule has 2 heterocycles. The Balaban J connectivity index is 2.14. The molecule has 0 radical (unpaired) electrons. The molecule has 0 saturated heterocycles. The van der Waals surface area contributed by atoms with E-state index in [4.69, 9.17) is 4.52 Å². The summed E-state index contributed by atoms with van der Waals surface area (Å²) in [6.45, 7) is 2.04. The maximum absolute atomic E-state index is 5.11. The maximum atomic E-state index is 5.11. The van der Waals surface area contributed by atoms with Crippen LogP contribution in [0.5, 0.6) is 0 Å². The second-order valence-electron chi connectivity index (χ2n) is 3.48. The van der Waals surface area contributed by atoms with Crippen molar-refractivity contribution in [3.8, 4) is 11.6 Å². The fraction of sp³-hybridized carbons (Fsp3) is 0.400. The summed E-state index contributed by atoms with van der Waals surface area (Å²) in [7, 11) is 1.89. The first-order chi connectivity index (χ1) is 7.79. The average Bonchev–Trinajstić information content (AvgIpc) is 2.78. The highest BCUT2D eigenvalue weighted by Gasteiger charge is 2.12. The van der Waals surface area contributed by atoms with E-state index in [-0.39, 0.29) is 0 Å². The molecule has 2 aromatic heterocycles. The largest absolute Gasteiger partial charge is 0.339 e. The Kier molecular flexibility index (Phi) is 3.21. The predicted molar refractivity (Wildman–Crippen MR) is 57.5 cm³/mol. The molecule has 1 atom stereocenters. The van der Waals surface area contributed by atoms with Crippen LogP contribution in [0, 0.1) is 0 Å². The van der Waals surface area contributed by atoms with Crippen LogP contribution in [0.4, 0.5) is 0 Å². The Bertz CT molecular complexity index is 441. The van der Waals surface area contributed by atoms with Gasteiger partial charge in [-0.15, -0.1) is 0 Å².